The molecule has 1 heterocycles. The zero-order chi connectivity index (χ0) is 20.1. The van der Waals surface area contributed by atoms with Gasteiger partial charge in [0.1, 0.15) is 0 Å². The third-order valence-corrected chi connectivity index (χ3v) is 4.89. The molecule has 5 heteroatoms. The van der Waals surface area contributed by atoms with Crippen molar-refractivity contribution >= 4 is 16.9 Å². The molecule has 0 fully saturated rings. The molecule has 0 saturated carbocycles. The lowest BCUT2D eigenvalue weighted by Gasteiger charge is -2.11. The average molecular weight is 385 g/mol. The number of methoxy groups -OCH3 is 1. The Bertz CT molecular complexity index is 1130. The number of carbonyl (C=O) groups is 1. The molecule has 0 saturated heterocycles. The summed E-state index contributed by atoms with van der Waals surface area (Å²) in [5.74, 6) is -0.0938. The summed E-state index contributed by atoms with van der Waals surface area (Å²) in [4.78, 5) is 17.1. The van der Waals surface area contributed by atoms with Crippen molar-refractivity contribution in [2.24, 2.45) is 0 Å². The van der Waals surface area contributed by atoms with Crippen LogP contribution < -0.4 is 5.32 Å². The molecule has 146 valence electrons. The molecule has 0 aliphatic heterocycles. The lowest BCUT2D eigenvalue weighted by atomic mass is 10.1. The Labute approximate surface area is 170 Å². The first-order valence-electron chi connectivity index (χ1n) is 9.57. The van der Waals surface area contributed by atoms with Crippen LogP contribution in [0.3, 0.4) is 0 Å². The number of nitrogens with one attached hydrogen (secondary N) is 1. The second kappa shape index (κ2) is 8.71. The summed E-state index contributed by atoms with van der Waals surface area (Å²) >= 11 is 0. The van der Waals surface area contributed by atoms with Crippen molar-refractivity contribution in [3.63, 3.8) is 0 Å². The zero-order valence-corrected chi connectivity index (χ0v) is 16.3. The van der Waals surface area contributed by atoms with E-state index in [0.29, 0.717) is 18.7 Å². The number of carbonyl (C=O) groups excluding carboxylic acids is 1. The van der Waals surface area contributed by atoms with E-state index in [-0.39, 0.29) is 5.91 Å². The Morgan fingerprint density at radius 3 is 2.69 bits per heavy atom. The second-order valence-corrected chi connectivity index (χ2v) is 6.95. The zero-order valence-electron chi connectivity index (χ0n) is 16.3. The lowest BCUT2D eigenvalue weighted by Crippen LogP contribution is -2.24. The van der Waals surface area contributed by atoms with E-state index in [1.165, 1.54) is 5.56 Å². The monoisotopic (exact) mass is 385 g/mol. The number of benzene rings is 3. The maximum absolute atomic E-state index is 12.6. The van der Waals surface area contributed by atoms with Crippen molar-refractivity contribution < 1.29 is 9.53 Å². The van der Waals surface area contributed by atoms with Crippen LogP contribution in [-0.2, 0) is 24.4 Å². The molecule has 0 spiro atoms. The third kappa shape index (κ3) is 4.36. The second-order valence-electron chi connectivity index (χ2n) is 6.95. The van der Waals surface area contributed by atoms with Crippen LogP contribution in [0.25, 0.3) is 11.0 Å². The van der Waals surface area contributed by atoms with Gasteiger partial charge < -0.3 is 14.6 Å². The highest BCUT2D eigenvalue weighted by atomic mass is 16.5. The molecule has 1 amide bonds. The number of ether oxygens (including phenoxy) is 1. The van der Waals surface area contributed by atoms with Crippen molar-refractivity contribution in [3.05, 3.63) is 101 Å². The smallest absolute Gasteiger partial charge is 0.251 e. The Morgan fingerprint density at radius 2 is 1.79 bits per heavy atom. The largest absolute Gasteiger partial charge is 0.380 e. The summed E-state index contributed by atoms with van der Waals surface area (Å²) in [5.41, 5.74) is 5.86. The lowest BCUT2D eigenvalue weighted by molar-refractivity contribution is 0.0946. The van der Waals surface area contributed by atoms with Crippen molar-refractivity contribution in [3.8, 4) is 0 Å². The molecule has 0 aliphatic rings. The van der Waals surface area contributed by atoms with Crippen LogP contribution in [0.1, 0.15) is 27.0 Å². The van der Waals surface area contributed by atoms with Gasteiger partial charge in [-0.3, -0.25) is 4.79 Å². The van der Waals surface area contributed by atoms with Gasteiger partial charge in [-0.2, -0.15) is 0 Å². The van der Waals surface area contributed by atoms with Crippen LogP contribution in [0.15, 0.2) is 79.1 Å². The molecule has 4 aromatic rings. The van der Waals surface area contributed by atoms with Gasteiger partial charge in [0.25, 0.3) is 5.91 Å². The van der Waals surface area contributed by atoms with E-state index in [1.807, 2.05) is 60.9 Å². The fourth-order valence-electron chi connectivity index (χ4n) is 3.47. The molecule has 4 rings (SSSR count). The molecule has 0 unspecified atom stereocenters. The summed E-state index contributed by atoms with van der Waals surface area (Å²) < 4.78 is 7.32. The first-order chi connectivity index (χ1) is 14.2. The summed E-state index contributed by atoms with van der Waals surface area (Å²) in [5, 5.41) is 3.02. The molecule has 29 heavy (non-hydrogen) atoms. The minimum absolute atomic E-state index is 0.0938. The van der Waals surface area contributed by atoms with Gasteiger partial charge in [0.05, 0.1) is 24.0 Å². The summed E-state index contributed by atoms with van der Waals surface area (Å²) in [6.07, 6.45) is 1.87. The predicted octanol–water partition coefficient (Wildman–Crippen LogP) is 4.16. The van der Waals surface area contributed by atoms with Gasteiger partial charge in [-0.1, -0.05) is 54.6 Å². The number of imidazole rings is 1. The average Bonchev–Trinajstić information content (AvgIpc) is 3.16. The summed E-state index contributed by atoms with van der Waals surface area (Å²) in [7, 11) is 1.63. The highest BCUT2D eigenvalue weighted by Gasteiger charge is 2.10. The molecule has 0 radical (unpaired) electrons. The number of rotatable bonds is 7. The van der Waals surface area contributed by atoms with Gasteiger partial charge in [0, 0.05) is 25.8 Å². The standard InChI is InChI=1S/C24H23N3O2/c1-29-16-20-9-2-3-10-21(20)24(28)25-14-18-7-6-8-19(13-18)15-27-17-26-22-11-4-5-12-23(22)27/h2-13,17H,14-16H2,1H3,(H,25,28). The number of hydrogen-bond acceptors (Lipinski definition) is 3. The Balaban J connectivity index is 1.45. The van der Waals surface area contributed by atoms with E-state index in [2.05, 4.69) is 33.1 Å². The number of nitrogens with zero attached hydrogens (tertiary/aromatic N) is 2. The number of aromatic nitrogens is 2. The van der Waals surface area contributed by atoms with Crippen LogP contribution in [0, 0.1) is 0 Å². The van der Waals surface area contributed by atoms with E-state index in [1.54, 1.807) is 7.11 Å². The van der Waals surface area contributed by atoms with E-state index < -0.39 is 0 Å². The van der Waals surface area contributed by atoms with E-state index >= 15 is 0 Å². The third-order valence-electron chi connectivity index (χ3n) is 4.89. The highest BCUT2D eigenvalue weighted by Crippen LogP contribution is 2.15. The van der Waals surface area contributed by atoms with Crippen LogP contribution in [0.5, 0.6) is 0 Å². The minimum Gasteiger partial charge on any atom is -0.380 e. The van der Waals surface area contributed by atoms with Gasteiger partial charge in [-0.15, -0.1) is 0 Å². The van der Waals surface area contributed by atoms with E-state index in [9.17, 15) is 4.79 Å². The number of amides is 1. The first-order valence-corrected chi connectivity index (χ1v) is 9.57. The molecule has 1 aromatic heterocycles. The fraction of sp³-hybridized carbons (Fsp3) is 0.167. The topological polar surface area (TPSA) is 56.1 Å². The summed E-state index contributed by atoms with van der Waals surface area (Å²) in [6, 6.07) is 23.9. The summed E-state index contributed by atoms with van der Waals surface area (Å²) in [6.45, 7) is 1.62. The normalized spacial score (nSPS) is 10.9. The molecular formula is C24H23N3O2. The molecule has 3 aromatic carbocycles. The van der Waals surface area contributed by atoms with Crippen LogP contribution in [0.4, 0.5) is 0 Å². The molecule has 0 atom stereocenters. The van der Waals surface area contributed by atoms with Gasteiger partial charge in [-0.25, -0.2) is 4.98 Å². The van der Waals surface area contributed by atoms with Gasteiger partial charge >= 0.3 is 0 Å². The van der Waals surface area contributed by atoms with Crippen molar-refractivity contribution in [1.29, 1.82) is 0 Å². The maximum atomic E-state index is 12.6. The number of fused-ring (bicyclic) bond motifs is 1. The Kier molecular flexibility index (Phi) is 5.68. The maximum Gasteiger partial charge on any atom is 0.251 e. The molecule has 1 N–H and O–H groups in total. The number of hydrogen-bond donors (Lipinski definition) is 1. The Morgan fingerprint density at radius 1 is 1.00 bits per heavy atom. The number of para-hydroxylation sites is 2. The van der Waals surface area contributed by atoms with Crippen LogP contribution in [-0.4, -0.2) is 22.6 Å². The molecule has 0 aliphatic carbocycles. The van der Waals surface area contributed by atoms with Crippen molar-refractivity contribution in [2.75, 3.05) is 7.11 Å². The SMILES string of the molecule is COCc1ccccc1C(=O)NCc1cccc(Cn2cnc3ccccc32)c1. The van der Waals surface area contributed by atoms with Crippen molar-refractivity contribution in [2.45, 2.75) is 19.7 Å². The molecule has 5 nitrogen and oxygen atoms in total. The van der Waals surface area contributed by atoms with Gasteiger partial charge in [0.2, 0.25) is 0 Å². The van der Waals surface area contributed by atoms with Crippen LogP contribution >= 0.6 is 0 Å². The predicted molar refractivity (Wildman–Crippen MR) is 114 cm³/mol. The minimum atomic E-state index is -0.0938. The highest BCUT2D eigenvalue weighted by molar-refractivity contribution is 5.95. The van der Waals surface area contributed by atoms with E-state index in [4.69, 9.17) is 4.74 Å². The van der Waals surface area contributed by atoms with Crippen molar-refractivity contribution in [1.82, 2.24) is 14.9 Å². The fourth-order valence-corrected chi connectivity index (χ4v) is 3.47. The molecule has 0 bridgehead atoms. The van der Waals surface area contributed by atoms with Gasteiger partial charge in [0.15, 0.2) is 0 Å². The first kappa shape index (κ1) is 18.9. The van der Waals surface area contributed by atoms with E-state index in [0.717, 1.165) is 28.7 Å². The van der Waals surface area contributed by atoms with Crippen LogP contribution in [0.2, 0.25) is 0 Å². The Hall–Kier alpha value is -3.44. The quantitative estimate of drug-likeness (QED) is 0.520. The van der Waals surface area contributed by atoms with Gasteiger partial charge in [-0.05, 0) is 34.9 Å². The molecular weight excluding hydrogens is 362 g/mol.